The fourth-order valence-corrected chi connectivity index (χ4v) is 5.82. The van der Waals surface area contributed by atoms with Crippen LogP contribution in [0.2, 0.25) is 0 Å². The fourth-order valence-electron chi connectivity index (χ4n) is 4.84. The molecule has 2 amide bonds. The summed E-state index contributed by atoms with van der Waals surface area (Å²) in [5.74, 6) is 4.14. The monoisotopic (exact) mass is 399 g/mol. The first kappa shape index (κ1) is 19.6. The molecule has 4 saturated heterocycles. The van der Waals surface area contributed by atoms with E-state index in [1.807, 2.05) is 0 Å². The zero-order valence-electron chi connectivity index (χ0n) is 16.3. The highest BCUT2D eigenvalue weighted by Gasteiger charge is 2.40. The van der Waals surface area contributed by atoms with Gasteiger partial charge in [-0.2, -0.15) is 17.0 Å². The van der Waals surface area contributed by atoms with Gasteiger partial charge in [0.1, 0.15) is 0 Å². The molecule has 4 aliphatic rings. The first-order chi connectivity index (χ1) is 13.7. The predicted octanol–water partition coefficient (Wildman–Crippen LogP) is 2.44. The van der Waals surface area contributed by atoms with Gasteiger partial charge in [-0.3, -0.25) is 4.90 Å². The van der Waals surface area contributed by atoms with Crippen molar-refractivity contribution in [2.75, 3.05) is 56.1 Å². The van der Waals surface area contributed by atoms with Gasteiger partial charge in [-0.1, -0.05) is 6.07 Å². The summed E-state index contributed by atoms with van der Waals surface area (Å²) in [6.45, 7) is 6.75. The molecule has 28 heavy (non-hydrogen) atoms. The zero-order chi connectivity index (χ0) is 19.3. The van der Waals surface area contributed by atoms with Crippen LogP contribution in [0.4, 0.5) is 10.5 Å². The van der Waals surface area contributed by atoms with Crippen molar-refractivity contribution in [2.24, 2.45) is 11.8 Å². The molecule has 2 bridgehead atoms. The van der Waals surface area contributed by atoms with Gasteiger partial charge < -0.3 is 15.5 Å². The van der Waals surface area contributed by atoms with Crippen molar-refractivity contribution in [1.82, 2.24) is 15.1 Å². The molecule has 1 aromatic rings. The summed E-state index contributed by atoms with van der Waals surface area (Å²) in [6, 6.07) is 9.35. The van der Waals surface area contributed by atoms with Gasteiger partial charge in [-0.05, 0) is 49.4 Å². The standard InChI is InChI=1S/C21H29N5OS/c22-12-16-2-1-3-19(10-16)24-21(27)23-13-20-11-17-4-5-26(20)15-18(17)14-25-6-8-28-9-7-25/h1-3,10,17-18,20H,4-9,11,13-15H2,(H2,23,24,27)/t17-,18-,20+/m0/s1. The summed E-state index contributed by atoms with van der Waals surface area (Å²) in [5, 5.41) is 14.8. The molecule has 150 valence electrons. The molecule has 2 N–H and O–H groups in total. The van der Waals surface area contributed by atoms with Crippen LogP contribution < -0.4 is 10.6 Å². The Hall–Kier alpha value is -1.75. The second-order valence-corrected chi connectivity index (χ2v) is 9.36. The molecule has 5 rings (SSSR count). The summed E-state index contributed by atoms with van der Waals surface area (Å²) in [5.41, 5.74) is 1.20. The van der Waals surface area contributed by atoms with Gasteiger partial charge in [0.05, 0.1) is 11.6 Å². The predicted molar refractivity (Wildman–Crippen MR) is 114 cm³/mol. The molecule has 1 unspecified atom stereocenters. The molecule has 4 atom stereocenters. The number of carbonyl (C=O) groups excluding carboxylic acids is 1. The number of anilines is 1. The average molecular weight is 400 g/mol. The van der Waals surface area contributed by atoms with E-state index in [1.165, 1.54) is 50.5 Å². The number of urea groups is 1. The molecule has 0 aliphatic carbocycles. The van der Waals surface area contributed by atoms with Crippen molar-refractivity contribution in [1.29, 1.82) is 5.26 Å². The molecule has 0 spiro atoms. The van der Waals surface area contributed by atoms with Crippen LogP contribution in [-0.2, 0) is 0 Å². The highest BCUT2D eigenvalue weighted by molar-refractivity contribution is 7.99. The van der Waals surface area contributed by atoms with Gasteiger partial charge in [0.15, 0.2) is 0 Å². The van der Waals surface area contributed by atoms with E-state index in [0.717, 1.165) is 18.4 Å². The second-order valence-electron chi connectivity index (χ2n) is 8.13. The van der Waals surface area contributed by atoms with Crippen molar-refractivity contribution in [2.45, 2.75) is 18.9 Å². The van der Waals surface area contributed by atoms with Crippen LogP contribution in [0.5, 0.6) is 0 Å². The Balaban J connectivity index is 1.24. The fraction of sp³-hybridized carbons (Fsp3) is 0.619. The highest BCUT2D eigenvalue weighted by Crippen LogP contribution is 2.36. The molecule has 4 fully saturated rings. The topological polar surface area (TPSA) is 71.4 Å². The van der Waals surface area contributed by atoms with Gasteiger partial charge in [0.2, 0.25) is 0 Å². The van der Waals surface area contributed by atoms with Crippen molar-refractivity contribution >= 4 is 23.5 Å². The van der Waals surface area contributed by atoms with Gasteiger partial charge in [-0.15, -0.1) is 0 Å². The molecule has 0 aromatic heterocycles. The lowest BCUT2D eigenvalue weighted by molar-refractivity contribution is -0.00980. The quantitative estimate of drug-likeness (QED) is 0.796. The number of nitrogens with one attached hydrogen (secondary N) is 2. The number of nitrogens with zero attached hydrogens (tertiary/aromatic N) is 3. The number of hydrogen-bond donors (Lipinski definition) is 2. The van der Waals surface area contributed by atoms with Gasteiger partial charge in [0.25, 0.3) is 0 Å². The maximum atomic E-state index is 12.3. The summed E-state index contributed by atoms with van der Waals surface area (Å²) in [6.07, 6.45) is 2.49. The third-order valence-corrected chi connectivity index (χ3v) is 7.30. The van der Waals surface area contributed by atoms with Crippen LogP contribution in [0.1, 0.15) is 18.4 Å². The maximum Gasteiger partial charge on any atom is 0.319 e. The Bertz CT molecular complexity index is 730. The van der Waals surface area contributed by atoms with Crippen LogP contribution in [0.15, 0.2) is 24.3 Å². The third-order valence-electron chi connectivity index (χ3n) is 6.36. The third kappa shape index (κ3) is 4.80. The van der Waals surface area contributed by atoms with E-state index >= 15 is 0 Å². The number of benzene rings is 1. The first-order valence-electron chi connectivity index (χ1n) is 10.3. The first-order valence-corrected chi connectivity index (χ1v) is 11.5. The van der Waals surface area contributed by atoms with Crippen molar-refractivity contribution < 1.29 is 4.79 Å². The Morgan fingerprint density at radius 2 is 2.14 bits per heavy atom. The average Bonchev–Trinajstić information content (AvgIpc) is 2.74. The zero-order valence-corrected chi connectivity index (χ0v) is 17.1. The van der Waals surface area contributed by atoms with E-state index in [-0.39, 0.29) is 6.03 Å². The minimum Gasteiger partial charge on any atom is -0.336 e. The molecule has 7 heteroatoms. The summed E-state index contributed by atoms with van der Waals surface area (Å²) >= 11 is 2.07. The minimum absolute atomic E-state index is 0.194. The Labute approximate surface area is 171 Å². The molecule has 1 aromatic carbocycles. The number of piperidine rings is 3. The Morgan fingerprint density at radius 1 is 1.29 bits per heavy atom. The van der Waals surface area contributed by atoms with Crippen molar-refractivity contribution in [3.63, 3.8) is 0 Å². The van der Waals surface area contributed by atoms with E-state index in [4.69, 9.17) is 5.26 Å². The number of rotatable bonds is 5. The highest BCUT2D eigenvalue weighted by atomic mass is 32.2. The van der Waals surface area contributed by atoms with Crippen LogP contribution >= 0.6 is 11.8 Å². The van der Waals surface area contributed by atoms with E-state index in [0.29, 0.717) is 23.8 Å². The molecule has 6 nitrogen and oxygen atoms in total. The largest absolute Gasteiger partial charge is 0.336 e. The van der Waals surface area contributed by atoms with Crippen molar-refractivity contribution in [3.05, 3.63) is 29.8 Å². The lowest BCUT2D eigenvalue weighted by atomic mass is 9.75. The van der Waals surface area contributed by atoms with Gasteiger partial charge >= 0.3 is 6.03 Å². The number of hydrogen-bond acceptors (Lipinski definition) is 5. The molecular formula is C21H29N5OS. The lowest BCUT2D eigenvalue weighted by Crippen LogP contribution is -2.59. The Morgan fingerprint density at radius 3 is 2.89 bits per heavy atom. The number of nitriles is 1. The van der Waals surface area contributed by atoms with E-state index in [1.54, 1.807) is 24.3 Å². The van der Waals surface area contributed by atoms with Gasteiger partial charge in [0, 0.05) is 56.0 Å². The second kappa shape index (κ2) is 9.17. The number of thioether (sulfide) groups is 1. The molecule has 4 aliphatic heterocycles. The molecule has 0 saturated carbocycles. The number of amides is 2. The number of fused-ring (bicyclic) bond motifs is 3. The molecular weight excluding hydrogens is 370 g/mol. The van der Waals surface area contributed by atoms with Crippen LogP contribution in [0, 0.1) is 23.2 Å². The molecule has 0 radical (unpaired) electrons. The van der Waals surface area contributed by atoms with Crippen LogP contribution in [0.25, 0.3) is 0 Å². The van der Waals surface area contributed by atoms with E-state index < -0.39 is 0 Å². The van der Waals surface area contributed by atoms with Crippen LogP contribution in [-0.4, -0.2) is 72.6 Å². The van der Waals surface area contributed by atoms with E-state index in [9.17, 15) is 4.79 Å². The summed E-state index contributed by atoms with van der Waals surface area (Å²) in [4.78, 5) is 17.5. The normalized spacial score (nSPS) is 29.8. The Kier molecular flexibility index (Phi) is 6.40. The van der Waals surface area contributed by atoms with Gasteiger partial charge in [-0.25, -0.2) is 4.79 Å². The maximum absolute atomic E-state index is 12.3. The van der Waals surface area contributed by atoms with Crippen molar-refractivity contribution in [3.8, 4) is 6.07 Å². The number of carbonyl (C=O) groups is 1. The molecule has 4 heterocycles. The van der Waals surface area contributed by atoms with E-state index in [2.05, 4.69) is 38.3 Å². The summed E-state index contributed by atoms with van der Waals surface area (Å²) in [7, 11) is 0. The lowest BCUT2D eigenvalue weighted by Gasteiger charge is -2.51. The summed E-state index contributed by atoms with van der Waals surface area (Å²) < 4.78 is 0. The minimum atomic E-state index is -0.194. The smallest absolute Gasteiger partial charge is 0.319 e. The SMILES string of the molecule is N#Cc1cccc(NC(=O)NC[C@H]2C[C@@H]3CCN2C[C@@H]3CN2CCSCC2)c1. The van der Waals surface area contributed by atoms with Crippen LogP contribution in [0.3, 0.4) is 0 Å².